The molecule has 2 atom stereocenters. The Morgan fingerprint density at radius 1 is 1.00 bits per heavy atom. The quantitative estimate of drug-likeness (QED) is 0.597. The molecular formula is C27H29N3O2. The molecule has 164 valence electrons. The third kappa shape index (κ3) is 4.42. The molecule has 1 aromatic heterocycles. The van der Waals surface area contributed by atoms with Crippen LogP contribution in [0.3, 0.4) is 0 Å². The van der Waals surface area contributed by atoms with Crippen LogP contribution in [-0.4, -0.2) is 27.7 Å². The monoisotopic (exact) mass is 427 g/mol. The summed E-state index contributed by atoms with van der Waals surface area (Å²) in [4.78, 5) is 32.7. The van der Waals surface area contributed by atoms with Gasteiger partial charge in [-0.3, -0.25) is 14.6 Å². The minimum atomic E-state index is -0.646. The summed E-state index contributed by atoms with van der Waals surface area (Å²) >= 11 is 0. The standard InChI is InChI=1S/C27H29N3O2/c1-18(2)21-13-11-20(12-14-21)17-29-26(31)25-23-9-4-5-10-24(23)27(32)30(25)19(3)16-22-8-6-7-15-28-22/h4-15,18-19,25H,16-17H2,1-3H3,(H,29,31). The number of hydrogen-bond acceptors (Lipinski definition) is 3. The number of amides is 2. The van der Waals surface area contributed by atoms with Gasteiger partial charge in [0.25, 0.3) is 5.91 Å². The zero-order valence-corrected chi connectivity index (χ0v) is 18.8. The Morgan fingerprint density at radius 2 is 1.72 bits per heavy atom. The van der Waals surface area contributed by atoms with Gasteiger partial charge in [-0.2, -0.15) is 0 Å². The molecule has 0 saturated carbocycles. The Balaban J connectivity index is 1.54. The molecule has 1 aliphatic rings. The molecule has 0 saturated heterocycles. The van der Waals surface area contributed by atoms with Crippen molar-refractivity contribution in [2.24, 2.45) is 0 Å². The van der Waals surface area contributed by atoms with Gasteiger partial charge in [0.1, 0.15) is 6.04 Å². The van der Waals surface area contributed by atoms with Crippen LogP contribution in [0.2, 0.25) is 0 Å². The molecule has 0 radical (unpaired) electrons. The highest BCUT2D eigenvalue weighted by Crippen LogP contribution is 2.36. The second kappa shape index (κ2) is 9.35. The molecule has 32 heavy (non-hydrogen) atoms. The van der Waals surface area contributed by atoms with Crippen molar-refractivity contribution in [3.05, 3.63) is 101 Å². The SMILES string of the molecule is CC(C)c1ccc(CNC(=O)C2c3ccccc3C(=O)N2C(C)Cc2ccccn2)cc1. The van der Waals surface area contributed by atoms with Gasteiger partial charge < -0.3 is 10.2 Å². The lowest BCUT2D eigenvalue weighted by atomic mass is 10.0. The maximum Gasteiger partial charge on any atom is 0.255 e. The zero-order chi connectivity index (χ0) is 22.7. The maximum atomic E-state index is 13.3. The van der Waals surface area contributed by atoms with E-state index < -0.39 is 6.04 Å². The summed E-state index contributed by atoms with van der Waals surface area (Å²) in [5, 5.41) is 3.05. The number of carbonyl (C=O) groups excluding carboxylic acids is 2. The largest absolute Gasteiger partial charge is 0.350 e. The summed E-state index contributed by atoms with van der Waals surface area (Å²) in [6.07, 6.45) is 2.33. The van der Waals surface area contributed by atoms with E-state index in [1.54, 1.807) is 17.2 Å². The normalized spacial score (nSPS) is 16.2. The molecule has 2 aromatic carbocycles. The van der Waals surface area contributed by atoms with Gasteiger partial charge in [-0.1, -0.05) is 62.4 Å². The molecule has 1 aliphatic heterocycles. The van der Waals surface area contributed by atoms with Gasteiger partial charge in [0.05, 0.1) is 0 Å². The third-order valence-corrected chi connectivity index (χ3v) is 6.07. The maximum absolute atomic E-state index is 13.3. The number of aromatic nitrogens is 1. The number of fused-ring (bicyclic) bond motifs is 1. The molecule has 0 bridgehead atoms. The van der Waals surface area contributed by atoms with Gasteiger partial charge in [-0.25, -0.2) is 0 Å². The Hall–Kier alpha value is -3.47. The Morgan fingerprint density at radius 3 is 2.41 bits per heavy atom. The van der Waals surface area contributed by atoms with Crippen molar-refractivity contribution in [2.45, 2.75) is 51.7 Å². The summed E-state index contributed by atoms with van der Waals surface area (Å²) in [5.74, 6) is 0.198. The van der Waals surface area contributed by atoms with Gasteiger partial charge in [-0.15, -0.1) is 0 Å². The summed E-state index contributed by atoms with van der Waals surface area (Å²) in [7, 11) is 0. The fraction of sp³-hybridized carbons (Fsp3) is 0.296. The van der Waals surface area contributed by atoms with Crippen LogP contribution in [0.25, 0.3) is 0 Å². The molecule has 2 heterocycles. The lowest BCUT2D eigenvalue weighted by molar-refractivity contribution is -0.126. The van der Waals surface area contributed by atoms with E-state index in [1.807, 2.05) is 55.5 Å². The molecule has 2 amide bonds. The van der Waals surface area contributed by atoms with Crippen LogP contribution in [0.15, 0.2) is 72.9 Å². The number of rotatable bonds is 7. The van der Waals surface area contributed by atoms with E-state index in [0.717, 1.165) is 16.8 Å². The number of benzene rings is 2. The second-order valence-electron chi connectivity index (χ2n) is 8.69. The van der Waals surface area contributed by atoms with Crippen LogP contribution in [-0.2, 0) is 17.8 Å². The van der Waals surface area contributed by atoms with Gasteiger partial charge in [0.15, 0.2) is 0 Å². The Kier molecular flexibility index (Phi) is 6.35. The van der Waals surface area contributed by atoms with Gasteiger partial charge in [0.2, 0.25) is 5.91 Å². The van der Waals surface area contributed by atoms with Crippen LogP contribution < -0.4 is 5.32 Å². The zero-order valence-electron chi connectivity index (χ0n) is 18.8. The molecule has 0 aliphatic carbocycles. The first-order chi connectivity index (χ1) is 15.5. The molecule has 0 spiro atoms. The predicted molar refractivity (Wildman–Crippen MR) is 125 cm³/mol. The number of carbonyl (C=O) groups is 2. The number of nitrogens with zero attached hydrogens (tertiary/aromatic N) is 2. The first-order valence-corrected chi connectivity index (χ1v) is 11.1. The van der Waals surface area contributed by atoms with E-state index in [9.17, 15) is 9.59 Å². The van der Waals surface area contributed by atoms with Crippen LogP contribution in [0.1, 0.15) is 65.5 Å². The Labute approximate surface area is 189 Å². The van der Waals surface area contributed by atoms with Crippen molar-refractivity contribution in [3.63, 3.8) is 0 Å². The van der Waals surface area contributed by atoms with Crippen molar-refractivity contribution >= 4 is 11.8 Å². The van der Waals surface area contributed by atoms with Gasteiger partial charge in [0, 0.05) is 36.5 Å². The first kappa shape index (κ1) is 21.8. The van der Waals surface area contributed by atoms with Gasteiger partial charge in [-0.05, 0) is 47.7 Å². The van der Waals surface area contributed by atoms with E-state index in [2.05, 4.69) is 36.3 Å². The fourth-order valence-electron chi connectivity index (χ4n) is 4.28. The number of pyridine rings is 1. The fourth-order valence-corrected chi connectivity index (χ4v) is 4.28. The van der Waals surface area contributed by atoms with Crippen LogP contribution in [0.4, 0.5) is 0 Å². The second-order valence-corrected chi connectivity index (χ2v) is 8.69. The van der Waals surface area contributed by atoms with Crippen molar-refractivity contribution < 1.29 is 9.59 Å². The molecule has 2 unspecified atom stereocenters. The lowest BCUT2D eigenvalue weighted by Crippen LogP contribution is -2.44. The summed E-state index contributed by atoms with van der Waals surface area (Å²) in [6, 6.07) is 20.6. The Bertz CT molecular complexity index is 1090. The number of nitrogens with one attached hydrogen (secondary N) is 1. The van der Waals surface area contributed by atoms with Crippen molar-refractivity contribution in [1.29, 1.82) is 0 Å². The van der Waals surface area contributed by atoms with Crippen molar-refractivity contribution in [3.8, 4) is 0 Å². The summed E-state index contributed by atoms with van der Waals surface area (Å²) in [5.41, 5.74) is 4.56. The molecule has 4 rings (SSSR count). The molecular weight excluding hydrogens is 398 g/mol. The lowest BCUT2D eigenvalue weighted by Gasteiger charge is -2.30. The molecule has 3 aromatic rings. The van der Waals surface area contributed by atoms with Crippen LogP contribution in [0.5, 0.6) is 0 Å². The van der Waals surface area contributed by atoms with Crippen LogP contribution in [0, 0.1) is 0 Å². The van der Waals surface area contributed by atoms with Crippen molar-refractivity contribution in [1.82, 2.24) is 15.2 Å². The topological polar surface area (TPSA) is 62.3 Å². The highest BCUT2D eigenvalue weighted by atomic mass is 16.2. The number of hydrogen-bond donors (Lipinski definition) is 1. The molecule has 5 nitrogen and oxygen atoms in total. The van der Waals surface area contributed by atoms with E-state index in [-0.39, 0.29) is 17.9 Å². The van der Waals surface area contributed by atoms with Crippen LogP contribution >= 0.6 is 0 Å². The van der Waals surface area contributed by atoms with Gasteiger partial charge >= 0.3 is 0 Å². The average molecular weight is 428 g/mol. The molecule has 1 N–H and O–H groups in total. The predicted octanol–water partition coefficient (Wildman–Crippen LogP) is 4.65. The smallest absolute Gasteiger partial charge is 0.255 e. The first-order valence-electron chi connectivity index (χ1n) is 11.1. The minimum Gasteiger partial charge on any atom is -0.350 e. The minimum absolute atomic E-state index is 0.106. The highest BCUT2D eigenvalue weighted by Gasteiger charge is 2.43. The summed E-state index contributed by atoms with van der Waals surface area (Å²) < 4.78 is 0. The molecule has 5 heteroatoms. The van der Waals surface area contributed by atoms with E-state index >= 15 is 0 Å². The van der Waals surface area contributed by atoms with E-state index in [0.29, 0.717) is 24.4 Å². The summed E-state index contributed by atoms with van der Waals surface area (Å²) in [6.45, 7) is 6.72. The van der Waals surface area contributed by atoms with E-state index in [1.165, 1.54) is 5.56 Å². The van der Waals surface area contributed by atoms with Crippen molar-refractivity contribution in [2.75, 3.05) is 0 Å². The van der Waals surface area contributed by atoms with E-state index in [4.69, 9.17) is 0 Å². The third-order valence-electron chi connectivity index (χ3n) is 6.07. The highest BCUT2D eigenvalue weighted by molar-refractivity contribution is 6.04. The average Bonchev–Trinajstić information content (AvgIpc) is 3.11. The molecule has 0 fully saturated rings.